The second-order valence-electron chi connectivity index (χ2n) is 7.66. The number of carbonyl (C=O) groups excluding carboxylic acids is 1. The topological polar surface area (TPSA) is 38.8 Å². The fourth-order valence-electron chi connectivity index (χ4n) is 2.87. The third-order valence-electron chi connectivity index (χ3n) is 4.24. The molecule has 1 amide bonds. The summed E-state index contributed by atoms with van der Waals surface area (Å²) in [5.41, 5.74) is 0.626. The van der Waals surface area contributed by atoms with Crippen LogP contribution >= 0.6 is 0 Å². The summed E-state index contributed by atoms with van der Waals surface area (Å²) in [6, 6.07) is 7.48. The third kappa shape index (κ3) is 3.97. The van der Waals surface area contributed by atoms with Gasteiger partial charge in [0.2, 0.25) is 0 Å². The molecule has 0 aromatic heterocycles. The molecule has 24 heavy (non-hydrogen) atoms. The van der Waals surface area contributed by atoms with Crippen LogP contribution in [-0.4, -0.2) is 41.7 Å². The van der Waals surface area contributed by atoms with Crippen LogP contribution < -0.4 is 4.74 Å². The summed E-state index contributed by atoms with van der Waals surface area (Å²) < 4.78 is 36.4. The molecule has 1 heterocycles. The molecule has 1 aromatic carbocycles. The molecule has 0 bridgehead atoms. The number of amides is 1. The fraction of sp³-hybridized carbons (Fsp3) is 0.611. The largest absolute Gasteiger partial charge is 0.490 e. The summed E-state index contributed by atoms with van der Waals surface area (Å²) in [6.45, 7) is 6.80. The van der Waals surface area contributed by atoms with E-state index >= 15 is 0 Å². The summed E-state index contributed by atoms with van der Waals surface area (Å²) in [7, 11) is 0. The zero-order valence-electron chi connectivity index (χ0n) is 14.2. The lowest BCUT2D eigenvalue weighted by atomic mass is 9.90. The maximum atomic E-state index is 12.8. The Hall–Kier alpha value is -1.85. The van der Waals surface area contributed by atoms with Crippen molar-refractivity contribution < 1.29 is 23.0 Å². The van der Waals surface area contributed by atoms with Gasteiger partial charge in [-0.25, -0.2) is 13.6 Å². The summed E-state index contributed by atoms with van der Waals surface area (Å²) in [6.07, 6.45) is -1.09. The van der Waals surface area contributed by atoms with Crippen molar-refractivity contribution in [2.45, 2.75) is 57.2 Å². The van der Waals surface area contributed by atoms with E-state index in [1.54, 1.807) is 4.90 Å². The lowest BCUT2D eigenvalue weighted by Crippen LogP contribution is -2.50. The molecule has 0 N–H and O–H groups in total. The molecule has 2 aliphatic rings. The molecule has 1 aromatic rings. The van der Waals surface area contributed by atoms with Gasteiger partial charge in [0.25, 0.3) is 5.92 Å². The van der Waals surface area contributed by atoms with Gasteiger partial charge in [0.05, 0.1) is 0 Å². The van der Waals surface area contributed by atoms with E-state index in [1.807, 2.05) is 45.0 Å². The molecule has 1 saturated carbocycles. The van der Waals surface area contributed by atoms with Gasteiger partial charge in [0.15, 0.2) is 0 Å². The predicted octanol–water partition coefficient (Wildman–Crippen LogP) is 4.20. The summed E-state index contributed by atoms with van der Waals surface area (Å²) in [5, 5.41) is 0. The Morgan fingerprint density at radius 1 is 1.17 bits per heavy atom. The lowest BCUT2D eigenvalue weighted by Gasteiger charge is -2.40. The van der Waals surface area contributed by atoms with E-state index in [0.29, 0.717) is 18.8 Å². The number of ether oxygens (including phenoxy) is 2. The van der Waals surface area contributed by atoms with E-state index in [1.165, 1.54) is 0 Å². The van der Waals surface area contributed by atoms with Gasteiger partial charge >= 0.3 is 6.09 Å². The van der Waals surface area contributed by atoms with Crippen molar-refractivity contribution in [2.24, 2.45) is 0 Å². The van der Waals surface area contributed by atoms with Crippen LogP contribution in [0.5, 0.6) is 5.75 Å². The maximum Gasteiger partial charge on any atom is 0.410 e. The van der Waals surface area contributed by atoms with E-state index in [4.69, 9.17) is 9.47 Å². The number of carbonyl (C=O) groups is 1. The first-order chi connectivity index (χ1) is 11.1. The average molecular weight is 339 g/mol. The Morgan fingerprint density at radius 3 is 2.25 bits per heavy atom. The maximum absolute atomic E-state index is 12.8. The van der Waals surface area contributed by atoms with Crippen LogP contribution in [0.25, 0.3) is 0 Å². The first-order valence-electron chi connectivity index (χ1n) is 8.24. The van der Waals surface area contributed by atoms with Crippen LogP contribution in [0.1, 0.15) is 45.1 Å². The quantitative estimate of drug-likeness (QED) is 0.828. The molecule has 0 spiro atoms. The number of nitrogens with zero attached hydrogens (tertiary/aromatic N) is 1. The SMILES string of the molecule is CC(C)(C)OC(=O)N1CC(c2ccc(OC3CC(F)(F)C3)cc2)C1. The summed E-state index contributed by atoms with van der Waals surface area (Å²) in [4.78, 5) is 13.6. The van der Waals surface area contributed by atoms with Crippen molar-refractivity contribution in [2.75, 3.05) is 13.1 Å². The number of likely N-dealkylation sites (tertiary alicyclic amines) is 1. The van der Waals surface area contributed by atoms with Gasteiger partial charge in [-0.15, -0.1) is 0 Å². The van der Waals surface area contributed by atoms with Crippen LogP contribution in [0, 0.1) is 0 Å². The van der Waals surface area contributed by atoms with Crippen LogP contribution in [0.2, 0.25) is 0 Å². The zero-order valence-corrected chi connectivity index (χ0v) is 14.2. The second-order valence-corrected chi connectivity index (χ2v) is 7.66. The van der Waals surface area contributed by atoms with Gasteiger partial charge < -0.3 is 14.4 Å². The average Bonchev–Trinajstić information content (AvgIpc) is 2.34. The van der Waals surface area contributed by atoms with Crippen LogP contribution in [0.3, 0.4) is 0 Å². The number of halogens is 2. The van der Waals surface area contributed by atoms with Crippen LogP contribution in [0.4, 0.5) is 13.6 Å². The van der Waals surface area contributed by atoms with Gasteiger partial charge in [-0.1, -0.05) is 12.1 Å². The summed E-state index contributed by atoms with van der Waals surface area (Å²) in [5.74, 6) is -1.68. The highest BCUT2D eigenvalue weighted by atomic mass is 19.3. The van der Waals surface area contributed by atoms with Gasteiger partial charge in [-0.2, -0.15) is 0 Å². The smallest absolute Gasteiger partial charge is 0.410 e. The molecule has 2 fully saturated rings. The normalized spacial score (nSPS) is 21.0. The number of rotatable bonds is 3. The number of hydrogen-bond acceptors (Lipinski definition) is 3. The van der Waals surface area contributed by atoms with Crippen molar-refractivity contribution in [1.29, 1.82) is 0 Å². The fourth-order valence-corrected chi connectivity index (χ4v) is 2.87. The minimum Gasteiger partial charge on any atom is -0.490 e. The van der Waals surface area contributed by atoms with Crippen molar-refractivity contribution in [3.05, 3.63) is 29.8 Å². The van der Waals surface area contributed by atoms with Gasteiger partial charge in [0, 0.05) is 31.8 Å². The van der Waals surface area contributed by atoms with E-state index in [2.05, 4.69) is 0 Å². The molecular formula is C18H23F2NO3. The number of benzene rings is 1. The third-order valence-corrected chi connectivity index (χ3v) is 4.24. The Bertz CT molecular complexity index is 596. The second kappa shape index (κ2) is 5.90. The van der Waals surface area contributed by atoms with E-state index in [0.717, 1.165) is 5.56 Å². The monoisotopic (exact) mass is 339 g/mol. The van der Waals surface area contributed by atoms with E-state index < -0.39 is 17.6 Å². The van der Waals surface area contributed by atoms with Crippen LogP contribution in [0.15, 0.2) is 24.3 Å². The van der Waals surface area contributed by atoms with Crippen molar-refractivity contribution >= 4 is 6.09 Å². The molecule has 4 nitrogen and oxygen atoms in total. The molecule has 0 atom stereocenters. The molecule has 0 radical (unpaired) electrons. The Morgan fingerprint density at radius 2 is 1.75 bits per heavy atom. The Balaban J connectivity index is 1.47. The molecule has 6 heteroatoms. The highest BCUT2D eigenvalue weighted by Crippen LogP contribution is 2.40. The predicted molar refractivity (Wildman–Crippen MR) is 85.6 cm³/mol. The van der Waals surface area contributed by atoms with E-state index in [9.17, 15) is 13.6 Å². The first kappa shape index (κ1) is 17.0. The minimum absolute atomic E-state index is 0.206. The highest BCUT2D eigenvalue weighted by molar-refractivity contribution is 5.69. The molecule has 0 unspecified atom stereocenters. The standard InChI is InChI=1S/C18H23F2NO3/c1-17(2,3)24-16(22)21-10-13(11-21)12-4-6-14(7-5-12)23-15-8-18(19,20)9-15/h4-7,13,15H,8-11H2,1-3H3. The Labute approximate surface area is 140 Å². The van der Waals surface area contributed by atoms with Crippen molar-refractivity contribution in [1.82, 2.24) is 4.90 Å². The van der Waals surface area contributed by atoms with Crippen molar-refractivity contribution in [3.63, 3.8) is 0 Å². The van der Waals surface area contributed by atoms with Crippen molar-refractivity contribution in [3.8, 4) is 5.75 Å². The first-order valence-corrected chi connectivity index (χ1v) is 8.24. The molecule has 1 saturated heterocycles. The van der Waals surface area contributed by atoms with Crippen LogP contribution in [-0.2, 0) is 4.74 Å². The van der Waals surface area contributed by atoms with Gasteiger partial charge in [-0.3, -0.25) is 0 Å². The molecule has 3 rings (SSSR count). The molecular weight excluding hydrogens is 316 g/mol. The Kier molecular flexibility index (Phi) is 4.18. The van der Waals surface area contributed by atoms with Gasteiger partial charge in [-0.05, 0) is 38.5 Å². The molecule has 1 aliphatic carbocycles. The van der Waals surface area contributed by atoms with E-state index in [-0.39, 0.29) is 24.9 Å². The number of alkyl halides is 2. The lowest BCUT2D eigenvalue weighted by molar-refractivity contribution is -0.134. The molecule has 132 valence electrons. The number of hydrogen-bond donors (Lipinski definition) is 0. The molecule has 1 aliphatic heterocycles. The van der Waals surface area contributed by atoms with Gasteiger partial charge in [0.1, 0.15) is 17.5 Å². The highest BCUT2D eigenvalue weighted by Gasteiger charge is 2.47. The minimum atomic E-state index is -2.57. The zero-order chi connectivity index (χ0) is 17.5. The summed E-state index contributed by atoms with van der Waals surface area (Å²) >= 11 is 0.